The van der Waals surface area contributed by atoms with E-state index in [2.05, 4.69) is 12.2 Å². The first kappa shape index (κ1) is 15.9. The van der Waals surface area contributed by atoms with E-state index in [1.54, 1.807) is 0 Å². The van der Waals surface area contributed by atoms with Crippen LogP contribution in [0.1, 0.15) is 64.2 Å². The van der Waals surface area contributed by atoms with Gasteiger partial charge in [0.05, 0.1) is 0 Å². The second kappa shape index (κ2) is 12.9. The number of carboxylic acids is 1. The highest BCUT2D eigenvalue weighted by atomic mass is 16.4. The third-order valence-electron chi connectivity index (χ3n) is 2.62. The first-order valence-electron chi connectivity index (χ1n) is 6.58. The van der Waals surface area contributed by atoms with Crippen LogP contribution >= 0.6 is 0 Å². The zero-order valence-electron chi connectivity index (χ0n) is 10.6. The van der Waals surface area contributed by atoms with Crippen molar-refractivity contribution in [1.82, 2.24) is 0 Å². The molecule has 0 heterocycles. The van der Waals surface area contributed by atoms with E-state index in [0.29, 0.717) is 12.8 Å². The maximum atomic E-state index is 10.3. The fourth-order valence-electron chi connectivity index (χ4n) is 1.62. The molecule has 0 radical (unpaired) electrons. The largest absolute Gasteiger partial charge is 0.481 e. The van der Waals surface area contributed by atoms with Crippen molar-refractivity contribution < 1.29 is 14.7 Å². The van der Waals surface area contributed by atoms with Crippen LogP contribution in [0.5, 0.6) is 0 Å². The molecule has 0 atom stereocenters. The predicted molar refractivity (Wildman–Crippen MR) is 69.0 cm³/mol. The summed E-state index contributed by atoms with van der Waals surface area (Å²) in [5.41, 5.74) is 0. The molecule has 3 nitrogen and oxygen atoms in total. The molecular formula is C14H24O3. The highest BCUT2D eigenvalue weighted by molar-refractivity contribution is 5.66. The van der Waals surface area contributed by atoms with Gasteiger partial charge in [-0.25, -0.2) is 0 Å². The van der Waals surface area contributed by atoms with Gasteiger partial charge in [0, 0.05) is 12.8 Å². The molecule has 0 aromatic carbocycles. The minimum absolute atomic E-state index is 0.302. The lowest BCUT2D eigenvalue weighted by Crippen LogP contribution is -1.93. The molecule has 1 N–H and O–H groups in total. The average molecular weight is 240 g/mol. The van der Waals surface area contributed by atoms with Gasteiger partial charge in [-0.15, -0.1) is 0 Å². The van der Waals surface area contributed by atoms with E-state index in [0.717, 1.165) is 44.8 Å². The number of carbonyl (C=O) groups is 2. The molecule has 0 aromatic heterocycles. The number of rotatable bonds is 12. The second-order valence-corrected chi connectivity index (χ2v) is 4.27. The summed E-state index contributed by atoms with van der Waals surface area (Å²) in [6.45, 7) is 0. The van der Waals surface area contributed by atoms with Crippen LogP contribution in [0, 0.1) is 0 Å². The summed E-state index contributed by atoms with van der Waals surface area (Å²) in [6, 6.07) is 0. The van der Waals surface area contributed by atoms with Gasteiger partial charge in [-0.2, -0.15) is 0 Å². The highest BCUT2D eigenvalue weighted by Gasteiger charge is 1.95. The van der Waals surface area contributed by atoms with Gasteiger partial charge in [0.2, 0.25) is 0 Å². The molecule has 3 heteroatoms. The zero-order valence-corrected chi connectivity index (χ0v) is 10.6. The number of aliphatic carboxylic acids is 1. The van der Waals surface area contributed by atoms with E-state index >= 15 is 0 Å². The number of hydrogen-bond acceptors (Lipinski definition) is 2. The number of carboxylic acid groups (broad SMARTS) is 1. The van der Waals surface area contributed by atoms with Gasteiger partial charge < -0.3 is 9.90 Å². The van der Waals surface area contributed by atoms with Crippen molar-refractivity contribution in [1.29, 1.82) is 0 Å². The van der Waals surface area contributed by atoms with Gasteiger partial charge in [0.15, 0.2) is 0 Å². The standard InChI is InChI=1S/C14H24O3/c15-13-11-9-7-5-3-1-2-4-6-8-10-12-14(16)17/h3,5,13H,1-2,4,6-12H2,(H,16,17). The molecule has 0 aliphatic heterocycles. The lowest BCUT2D eigenvalue weighted by Gasteiger charge is -1.98. The lowest BCUT2D eigenvalue weighted by molar-refractivity contribution is -0.137. The van der Waals surface area contributed by atoms with Crippen molar-refractivity contribution >= 4 is 12.3 Å². The molecule has 0 unspecified atom stereocenters. The van der Waals surface area contributed by atoms with E-state index in [1.807, 2.05) is 0 Å². The van der Waals surface area contributed by atoms with Crippen molar-refractivity contribution in [3.63, 3.8) is 0 Å². The molecule has 17 heavy (non-hydrogen) atoms. The van der Waals surface area contributed by atoms with Crippen molar-refractivity contribution in [3.05, 3.63) is 12.2 Å². The summed E-state index contributed by atoms with van der Waals surface area (Å²) in [6.07, 6.45) is 14.6. The van der Waals surface area contributed by atoms with Crippen LogP contribution in [0.4, 0.5) is 0 Å². The predicted octanol–water partition coefficient (Wildman–Crippen LogP) is 3.73. The normalized spacial score (nSPS) is 10.8. The summed E-state index contributed by atoms with van der Waals surface area (Å²) in [5.74, 6) is -0.691. The average Bonchev–Trinajstić information content (AvgIpc) is 2.30. The Morgan fingerprint density at radius 3 is 2.06 bits per heavy atom. The fraction of sp³-hybridized carbons (Fsp3) is 0.714. The number of carbonyl (C=O) groups excluding carboxylic acids is 1. The first-order valence-corrected chi connectivity index (χ1v) is 6.58. The Labute approximate surface area is 104 Å². The quantitative estimate of drug-likeness (QED) is 0.321. The minimum atomic E-state index is -0.691. The topological polar surface area (TPSA) is 54.4 Å². The van der Waals surface area contributed by atoms with Crippen LogP contribution < -0.4 is 0 Å². The Kier molecular flexibility index (Phi) is 12.1. The van der Waals surface area contributed by atoms with Crippen LogP contribution in [-0.4, -0.2) is 17.4 Å². The Bertz CT molecular complexity index is 222. The van der Waals surface area contributed by atoms with Crippen molar-refractivity contribution in [2.24, 2.45) is 0 Å². The maximum Gasteiger partial charge on any atom is 0.303 e. The van der Waals surface area contributed by atoms with E-state index < -0.39 is 5.97 Å². The molecule has 0 fully saturated rings. The number of allylic oxidation sites excluding steroid dienone is 2. The van der Waals surface area contributed by atoms with Gasteiger partial charge in [0.1, 0.15) is 6.29 Å². The van der Waals surface area contributed by atoms with Crippen LogP contribution in [0.25, 0.3) is 0 Å². The Morgan fingerprint density at radius 1 is 0.824 bits per heavy atom. The van der Waals surface area contributed by atoms with Gasteiger partial charge in [-0.05, 0) is 32.1 Å². The lowest BCUT2D eigenvalue weighted by atomic mass is 10.1. The summed E-state index contributed by atoms with van der Waals surface area (Å²) in [4.78, 5) is 20.3. The molecule has 0 spiro atoms. The second-order valence-electron chi connectivity index (χ2n) is 4.27. The highest BCUT2D eigenvalue weighted by Crippen LogP contribution is 2.08. The van der Waals surface area contributed by atoms with E-state index in [-0.39, 0.29) is 0 Å². The van der Waals surface area contributed by atoms with Crippen LogP contribution in [-0.2, 0) is 9.59 Å². The third-order valence-corrected chi connectivity index (χ3v) is 2.62. The van der Waals surface area contributed by atoms with Gasteiger partial charge >= 0.3 is 5.97 Å². The molecule has 0 rings (SSSR count). The van der Waals surface area contributed by atoms with Gasteiger partial charge in [-0.1, -0.05) is 31.4 Å². The molecule has 0 bridgehead atoms. The minimum Gasteiger partial charge on any atom is -0.481 e. The first-order chi connectivity index (χ1) is 8.27. The summed E-state index contributed by atoms with van der Waals surface area (Å²) < 4.78 is 0. The van der Waals surface area contributed by atoms with Crippen LogP contribution in [0.3, 0.4) is 0 Å². The molecule has 0 saturated heterocycles. The summed E-state index contributed by atoms with van der Waals surface area (Å²) in [7, 11) is 0. The van der Waals surface area contributed by atoms with E-state index in [1.165, 1.54) is 12.8 Å². The Hall–Kier alpha value is -1.12. The smallest absolute Gasteiger partial charge is 0.303 e. The molecule has 0 aliphatic carbocycles. The third kappa shape index (κ3) is 14.9. The molecular weight excluding hydrogens is 216 g/mol. The Morgan fingerprint density at radius 2 is 1.41 bits per heavy atom. The molecule has 0 amide bonds. The van der Waals surface area contributed by atoms with Gasteiger partial charge in [-0.3, -0.25) is 4.79 Å². The molecule has 98 valence electrons. The van der Waals surface area contributed by atoms with Gasteiger partial charge in [0.25, 0.3) is 0 Å². The SMILES string of the molecule is O=CCCCC=CCCCCCCCC(=O)O. The number of hydrogen-bond donors (Lipinski definition) is 1. The molecule has 0 saturated carbocycles. The Balaban J connectivity index is 3.07. The number of aldehydes is 1. The monoisotopic (exact) mass is 240 g/mol. The number of unbranched alkanes of at least 4 members (excludes halogenated alkanes) is 7. The van der Waals surface area contributed by atoms with Crippen LogP contribution in [0.2, 0.25) is 0 Å². The van der Waals surface area contributed by atoms with Crippen molar-refractivity contribution in [2.45, 2.75) is 64.2 Å². The zero-order chi connectivity index (χ0) is 12.8. The van der Waals surface area contributed by atoms with Crippen LogP contribution in [0.15, 0.2) is 12.2 Å². The van der Waals surface area contributed by atoms with E-state index in [9.17, 15) is 9.59 Å². The van der Waals surface area contributed by atoms with E-state index in [4.69, 9.17) is 5.11 Å². The van der Waals surface area contributed by atoms with Crippen molar-refractivity contribution in [2.75, 3.05) is 0 Å². The summed E-state index contributed by atoms with van der Waals surface area (Å²) in [5, 5.41) is 8.44. The molecule has 0 aromatic rings. The summed E-state index contributed by atoms with van der Waals surface area (Å²) >= 11 is 0. The van der Waals surface area contributed by atoms with Crippen molar-refractivity contribution in [3.8, 4) is 0 Å². The maximum absolute atomic E-state index is 10.3. The molecule has 0 aliphatic rings. The fourth-order valence-corrected chi connectivity index (χ4v) is 1.62.